The van der Waals surface area contributed by atoms with Crippen molar-refractivity contribution in [1.82, 2.24) is 14.9 Å². The highest BCUT2D eigenvalue weighted by molar-refractivity contribution is 5.95. The Morgan fingerprint density at radius 3 is 2.42 bits per heavy atom. The molecule has 2 aromatic carbocycles. The highest BCUT2D eigenvalue weighted by Gasteiger charge is 2.25. The third kappa shape index (κ3) is 4.35. The molecule has 0 spiro atoms. The van der Waals surface area contributed by atoms with Crippen molar-refractivity contribution in [3.63, 3.8) is 0 Å². The van der Waals surface area contributed by atoms with Crippen LogP contribution in [0.5, 0.6) is 0 Å². The zero-order chi connectivity index (χ0) is 22.0. The van der Waals surface area contributed by atoms with Crippen LogP contribution in [0.25, 0.3) is 11.3 Å². The highest BCUT2D eigenvalue weighted by Crippen LogP contribution is 2.23. The van der Waals surface area contributed by atoms with Gasteiger partial charge in [0, 0.05) is 55.0 Å². The van der Waals surface area contributed by atoms with Gasteiger partial charge in [0.25, 0.3) is 11.6 Å². The number of halogens is 1. The number of piperazine rings is 1. The molecule has 0 radical (unpaired) electrons. The number of hydrogen-bond acceptors (Lipinski definition) is 6. The summed E-state index contributed by atoms with van der Waals surface area (Å²) in [7, 11) is 0. The smallest absolute Gasteiger partial charge is 0.273 e. The van der Waals surface area contributed by atoms with Gasteiger partial charge in [-0.3, -0.25) is 14.9 Å². The topological polar surface area (TPSA) is 92.5 Å². The molecular weight excluding hydrogens is 401 g/mol. The maximum Gasteiger partial charge on any atom is 0.273 e. The number of benzene rings is 2. The number of nitrogens with zero attached hydrogens (tertiary/aromatic N) is 5. The first kappa shape index (κ1) is 20.4. The standard InChI is InChI=1S/C22H20FN5O3/c1-15-2-3-17(12-20(15)28(30)31)22(29)27-10-8-26(9-11-27)21-13-19(24-14-25-21)16-4-6-18(23)7-5-16/h2-7,12-14H,8-11H2,1H3. The van der Waals surface area contributed by atoms with Crippen molar-refractivity contribution in [2.24, 2.45) is 0 Å². The molecule has 1 amide bonds. The first-order chi connectivity index (χ1) is 14.9. The second kappa shape index (κ2) is 8.47. The summed E-state index contributed by atoms with van der Waals surface area (Å²) >= 11 is 0. The van der Waals surface area contributed by atoms with Crippen molar-refractivity contribution < 1.29 is 14.1 Å². The molecule has 0 aliphatic carbocycles. The Bertz CT molecular complexity index is 1130. The van der Waals surface area contributed by atoms with Crippen molar-refractivity contribution in [3.8, 4) is 11.3 Å². The molecule has 1 saturated heterocycles. The van der Waals surface area contributed by atoms with E-state index in [1.165, 1.54) is 24.5 Å². The third-order valence-corrected chi connectivity index (χ3v) is 5.34. The fourth-order valence-corrected chi connectivity index (χ4v) is 3.56. The first-order valence-corrected chi connectivity index (χ1v) is 9.79. The predicted molar refractivity (Wildman–Crippen MR) is 113 cm³/mol. The van der Waals surface area contributed by atoms with Gasteiger partial charge in [-0.2, -0.15) is 0 Å². The highest BCUT2D eigenvalue weighted by atomic mass is 19.1. The maximum absolute atomic E-state index is 13.2. The molecule has 0 unspecified atom stereocenters. The van der Waals surface area contributed by atoms with Gasteiger partial charge in [0.15, 0.2) is 0 Å². The summed E-state index contributed by atoms with van der Waals surface area (Å²) in [4.78, 5) is 35.9. The summed E-state index contributed by atoms with van der Waals surface area (Å²) in [6.07, 6.45) is 1.47. The zero-order valence-corrected chi connectivity index (χ0v) is 16.9. The fraction of sp³-hybridized carbons (Fsp3) is 0.227. The van der Waals surface area contributed by atoms with Crippen molar-refractivity contribution in [3.05, 3.63) is 81.9 Å². The van der Waals surface area contributed by atoms with Crippen LogP contribution in [0.1, 0.15) is 15.9 Å². The number of amides is 1. The van der Waals surface area contributed by atoms with Gasteiger partial charge in [-0.15, -0.1) is 0 Å². The number of carbonyl (C=O) groups excluding carboxylic acids is 1. The second-order valence-electron chi connectivity index (χ2n) is 7.31. The number of anilines is 1. The van der Waals surface area contributed by atoms with Crippen molar-refractivity contribution in [1.29, 1.82) is 0 Å². The van der Waals surface area contributed by atoms with E-state index in [1.54, 1.807) is 36.1 Å². The summed E-state index contributed by atoms with van der Waals surface area (Å²) in [5.41, 5.74) is 2.26. The molecule has 1 aromatic heterocycles. The quantitative estimate of drug-likeness (QED) is 0.473. The van der Waals surface area contributed by atoms with E-state index < -0.39 is 4.92 Å². The Kier molecular flexibility index (Phi) is 5.57. The minimum absolute atomic E-state index is 0.0567. The summed E-state index contributed by atoms with van der Waals surface area (Å²) in [6, 6.07) is 12.5. The normalized spacial score (nSPS) is 13.9. The maximum atomic E-state index is 13.2. The van der Waals surface area contributed by atoms with E-state index in [9.17, 15) is 19.3 Å². The van der Waals surface area contributed by atoms with Gasteiger partial charge in [0.05, 0.1) is 10.6 Å². The third-order valence-electron chi connectivity index (χ3n) is 5.34. The molecule has 0 N–H and O–H groups in total. The molecule has 158 valence electrons. The van der Waals surface area contributed by atoms with Crippen LogP contribution < -0.4 is 4.90 Å². The van der Waals surface area contributed by atoms with E-state index in [0.717, 1.165) is 11.4 Å². The Morgan fingerprint density at radius 1 is 1.03 bits per heavy atom. The number of aromatic nitrogens is 2. The van der Waals surface area contributed by atoms with Crippen LogP contribution in [0.15, 0.2) is 54.9 Å². The van der Waals surface area contributed by atoms with Crippen LogP contribution in [-0.2, 0) is 0 Å². The minimum Gasteiger partial charge on any atom is -0.353 e. The average Bonchev–Trinajstić information content (AvgIpc) is 2.79. The largest absolute Gasteiger partial charge is 0.353 e. The molecule has 0 atom stereocenters. The predicted octanol–water partition coefficient (Wildman–Crippen LogP) is 3.46. The van der Waals surface area contributed by atoms with Crippen LogP contribution in [0.4, 0.5) is 15.9 Å². The van der Waals surface area contributed by atoms with E-state index in [2.05, 4.69) is 14.9 Å². The van der Waals surface area contributed by atoms with Crippen LogP contribution in [0.2, 0.25) is 0 Å². The van der Waals surface area contributed by atoms with Crippen LogP contribution in [0, 0.1) is 22.9 Å². The Morgan fingerprint density at radius 2 is 1.74 bits per heavy atom. The molecule has 3 aromatic rings. The molecule has 31 heavy (non-hydrogen) atoms. The molecule has 2 heterocycles. The number of aryl methyl sites for hydroxylation is 1. The number of nitro benzene ring substituents is 1. The van der Waals surface area contributed by atoms with Crippen LogP contribution in [-0.4, -0.2) is 51.9 Å². The Labute approximate surface area is 178 Å². The van der Waals surface area contributed by atoms with E-state index in [4.69, 9.17) is 0 Å². The lowest BCUT2D eigenvalue weighted by molar-refractivity contribution is -0.385. The first-order valence-electron chi connectivity index (χ1n) is 9.79. The SMILES string of the molecule is Cc1ccc(C(=O)N2CCN(c3cc(-c4ccc(F)cc4)ncn3)CC2)cc1[N+](=O)[O-]. The number of rotatable bonds is 4. The van der Waals surface area contributed by atoms with Crippen molar-refractivity contribution >= 4 is 17.4 Å². The Balaban J connectivity index is 1.45. The lowest BCUT2D eigenvalue weighted by atomic mass is 10.1. The summed E-state index contributed by atoms with van der Waals surface area (Å²) in [5.74, 6) is 0.197. The molecule has 1 aliphatic heterocycles. The fourth-order valence-electron chi connectivity index (χ4n) is 3.56. The van der Waals surface area contributed by atoms with Crippen molar-refractivity contribution in [2.45, 2.75) is 6.92 Å². The van der Waals surface area contributed by atoms with E-state index in [1.807, 2.05) is 6.07 Å². The number of nitro groups is 1. The molecule has 1 fully saturated rings. The molecule has 0 bridgehead atoms. The molecule has 1 aliphatic rings. The molecular formula is C22H20FN5O3. The van der Waals surface area contributed by atoms with E-state index in [0.29, 0.717) is 43.0 Å². The van der Waals surface area contributed by atoms with Gasteiger partial charge in [-0.1, -0.05) is 6.07 Å². The summed E-state index contributed by atoms with van der Waals surface area (Å²) in [5, 5.41) is 11.2. The van der Waals surface area contributed by atoms with Gasteiger partial charge < -0.3 is 9.80 Å². The van der Waals surface area contributed by atoms with Crippen LogP contribution in [0.3, 0.4) is 0 Å². The molecule has 0 saturated carbocycles. The average molecular weight is 421 g/mol. The monoisotopic (exact) mass is 421 g/mol. The van der Waals surface area contributed by atoms with Crippen LogP contribution >= 0.6 is 0 Å². The van der Waals surface area contributed by atoms with E-state index >= 15 is 0 Å². The second-order valence-corrected chi connectivity index (χ2v) is 7.31. The summed E-state index contributed by atoms with van der Waals surface area (Å²) in [6.45, 7) is 3.72. The Hall–Kier alpha value is -3.88. The van der Waals surface area contributed by atoms with Gasteiger partial charge in [-0.05, 0) is 37.3 Å². The zero-order valence-electron chi connectivity index (χ0n) is 16.9. The lowest BCUT2D eigenvalue weighted by Crippen LogP contribution is -2.49. The van der Waals surface area contributed by atoms with Gasteiger partial charge >= 0.3 is 0 Å². The van der Waals surface area contributed by atoms with E-state index in [-0.39, 0.29) is 17.4 Å². The molecule has 8 nitrogen and oxygen atoms in total. The summed E-state index contributed by atoms with van der Waals surface area (Å²) < 4.78 is 13.2. The van der Waals surface area contributed by atoms with Gasteiger partial charge in [0.2, 0.25) is 0 Å². The number of hydrogen-bond donors (Lipinski definition) is 0. The molecule has 4 rings (SSSR count). The number of carbonyl (C=O) groups is 1. The van der Waals surface area contributed by atoms with Crippen molar-refractivity contribution in [2.75, 3.05) is 31.1 Å². The molecule has 9 heteroatoms. The minimum atomic E-state index is -0.474. The lowest BCUT2D eigenvalue weighted by Gasteiger charge is -2.35. The van der Waals surface area contributed by atoms with Gasteiger partial charge in [-0.25, -0.2) is 14.4 Å². The van der Waals surface area contributed by atoms with Gasteiger partial charge in [0.1, 0.15) is 18.0 Å².